The van der Waals surface area contributed by atoms with E-state index in [2.05, 4.69) is 22.3 Å². The summed E-state index contributed by atoms with van der Waals surface area (Å²) in [4.78, 5) is 14.8. The summed E-state index contributed by atoms with van der Waals surface area (Å²) in [7, 11) is 0. The zero-order valence-corrected chi connectivity index (χ0v) is 14.7. The van der Waals surface area contributed by atoms with Crippen molar-refractivity contribution in [3.63, 3.8) is 0 Å². The Morgan fingerprint density at radius 3 is 2.84 bits per heavy atom. The molecule has 2 aromatic rings. The van der Waals surface area contributed by atoms with Crippen LogP contribution in [0.1, 0.15) is 28.8 Å². The largest absolute Gasteiger partial charge is 0.371 e. The van der Waals surface area contributed by atoms with Gasteiger partial charge in [-0.25, -0.2) is 0 Å². The number of piperidine rings is 1. The third-order valence-corrected chi connectivity index (χ3v) is 4.86. The Bertz CT molecular complexity index is 785. The van der Waals surface area contributed by atoms with Crippen molar-refractivity contribution in [1.29, 1.82) is 5.26 Å². The normalized spacial score (nSPS) is 17.0. The van der Waals surface area contributed by atoms with Gasteiger partial charge in [-0.15, -0.1) is 0 Å². The first-order chi connectivity index (χ1) is 12.2. The van der Waals surface area contributed by atoms with Crippen LogP contribution in [0.5, 0.6) is 0 Å². The van der Waals surface area contributed by atoms with Crippen LogP contribution in [0.4, 0.5) is 5.69 Å². The van der Waals surface area contributed by atoms with Gasteiger partial charge in [0.05, 0.1) is 22.2 Å². The number of halogens is 1. The van der Waals surface area contributed by atoms with Crippen LogP contribution in [0.3, 0.4) is 0 Å². The van der Waals surface area contributed by atoms with E-state index in [1.54, 1.807) is 12.1 Å². The maximum absolute atomic E-state index is 12.4. The van der Waals surface area contributed by atoms with Gasteiger partial charge in [-0.3, -0.25) is 4.79 Å². The minimum absolute atomic E-state index is 0.223. The molecule has 0 aliphatic carbocycles. The molecule has 1 N–H and O–H groups in total. The van der Waals surface area contributed by atoms with Crippen molar-refractivity contribution in [1.82, 2.24) is 5.32 Å². The number of carbonyl (C=O) groups excluding carboxylic acids is 1. The average Bonchev–Trinajstić information content (AvgIpc) is 2.67. The monoisotopic (exact) mass is 353 g/mol. The predicted octanol–water partition coefficient (Wildman–Crippen LogP) is 3.86. The number of anilines is 1. The van der Waals surface area contributed by atoms with Crippen molar-refractivity contribution in [2.24, 2.45) is 5.92 Å². The number of benzene rings is 2. The molecule has 25 heavy (non-hydrogen) atoms. The van der Waals surface area contributed by atoms with E-state index in [1.807, 2.05) is 24.3 Å². The molecule has 0 saturated carbocycles. The molecule has 0 aromatic heterocycles. The van der Waals surface area contributed by atoms with Crippen molar-refractivity contribution >= 4 is 23.2 Å². The van der Waals surface area contributed by atoms with Gasteiger partial charge in [0.1, 0.15) is 0 Å². The maximum Gasteiger partial charge on any atom is 0.252 e. The fraction of sp³-hybridized carbons (Fsp3) is 0.300. The van der Waals surface area contributed by atoms with Crippen molar-refractivity contribution in [2.75, 3.05) is 24.5 Å². The molecule has 1 aliphatic heterocycles. The summed E-state index contributed by atoms with van der Waals surface area (Å²) in [5.74, 6) is 0.176. The van der Waals surface area contributed by atoms with Crippen LogP contribution in [0.15, 0.2) is 48.5 Å². The lowest BCUT2D eigenvalue weighted by atomic mass is 9.97. The third kappa shape index (κ3) is 4.32. The van der Waals surface area contributed by atoms with E-state index in [0.29, 0.717) is 28.6 Å². The molecule has 1 fully saturated rings. The second-order valence-corrected chi connectivity index (χ2v) is 6.71. The molecule has 0 bridgehead atoms. The third-order valence-electron chi connectivity index (χ3n) is 4.53. The van der Waals surface area contributed by atoms with Crippen LogP contribution in [-0.4, -0.2) is 25.5 Å². The Morgan fingerprint density at radius 2 is 2.08 bits per heavy atom. The molecular formula is C20H20ClN3O. The van der Waals surface area contributed by atoms with E-state index in [0.717, 1.165) is 25.9 Å². The molecule has 0 spiro atoms. The minimum Gasteiger partial charge on any atom is -0.371 e. The summed E-state index contributed by atoms with van der Waals surface area (Å²) >= 11 is 6.09. The SMILES string of the molecule is N#Cc1ccc(Cl)c(C(=O)NCC2CCCN(c3ccccc3)C2)c1. The minimum atomic E-state index is -0.223. The van der Waals surface area contributed by atoms with Crippen LogP contribution in [-0.2, 0) is 0 Å². The van der Waals surface area contributed by atoms with Crippen LogP contribution >= 0.6 is 11.6 Å². The van der Waals surface area contributed by atoms with Gasteiger partial charge in [0, 0.05) is 25.3 Å². The first kappa shape index (κ1) is 17.3. The topological polar surface area (TPSA) is 56.1 Å². The highest BCUT2D eigenvalue weighted by Gasteiger charge is 2.21. The van der Waals surface area contributed by atoms with Gasteiger partial charge in [-0.05, 0) is 49.1 Å². The first-order valence-electron chi connectivity index (χ1n) is 8.45. The van der Waals surface area contributed by atoms with Gasteiger partial charge in [0.2, 0.25) is 0 Å². The Balaban J connectivity index is 1.60. The first-order valence-corrected chi connectivity index (χ1v) is 8.83. The van der Waals surface area contributed by atoms with Crippen LogP contribution in [0.25, 0.3) is 0 Å². The summed E-state index contributed by atoms with van der Waals surface area (Å²) in [5.41, 5.74) is 2.02. The van der Waals surface area contributed by atoms with E-state index in [1.165, 1.54) is 11.8 Å². The Hall–Kier alpha value is -2.51. The van der Waals surface area contributed by atoms with Crippen LogP contribution < -0.4 is 10.2 Å². The van der Waals surface area contributed by atoms with E-state index < -0.39 is 0 Å². The number of nitriles is 1. The number of hydrogen-bond donors (Lipinski definition) is 1. The molecule has 5 heteroatoms. The molecule has 1 heterocycles. The highest BCUT2D eigenvalue weighted by atomic mass is 35.5. The molecule has 3 rings (SSSR count). The second-order valence-electron chi connectivity index (χ2n) is 6.31. The van der Waals surface area contributed by atoms with Gasteiger partial charge in [-0.1, -0.05) is 29.8 Å². The van der Waals surface area contributed by atoms with E-state index >= 15 is 0 Å². The number of nitrogens with one attached hydrogen (secondary N) is 1. The summed E-state index contributed by atoms with van der Waals surface area (Å²) < 4.78 is 0. The van der Waals surface area contributed by atoms with Crippen molar-refractivity contribution in [3.8, 4) is 6.07 Å². The molecular weight excluding hydrogens is 334 g/mol. The van der Waals surface area contributed by atoms with Gasteiger partial charge in [-0.2, -0.15) is 5.26 Å². The van der Waals surface area contributed by atoms with Crippen molar-refractivity contribution < 1.29 is 4.79 Å². The molecule has 1 saturated heterocycles. The lowest BCUT2D eigenvalue weighted by Gasteiger charge is -2.34. The standard InChI is InChI=1S/C20H20ClN3O/c21-19-9-8-15(12-22)11-18(19)20(25)23-13-16-5-4-10-24(14-16)17-6-2-1-3-7-17/h1-3,6-9,11,16H,4-5,10,13-14H2,(H,23,25). The molecule has 0 radical (unpaired) electrons. The maximum atomic E-state index is 12.4. The highest BCUT2D eigenvalue weighted by Crippen LogP contribution is 2.23. The van der Waals surface area contributed by atoms with Gasteiger partial charge in [0.15, 0.2) is 0 Å². The van der Waals surface area contributed by atoms with Crippen LogP contribution in [0, 0.1) is 17.2 Å². The summed E-state index contributed by atoms with van der Waals surface area (Å²) in [6, 6.07) is 17.1. The fourth-order valence-corrected chi connectivity index (χ4v) is 3.41. The van der Waals surface area contributed by atoms with Crippen molar-refractivity contribution in [2.45, 2.75) is 12.8 Å². The van der Waals surface area contributed by atoms with E-state index in [4.69, 9.17) is 16.9 Å². The second kappa shape index (κ2) is 8.04. The molecule has 4 nitrogen and oxygen atoms in total. The molecule has 2 aromatic carbocycles. The smallest absolute Gasteiger partial charge is 0.252 e. The molecule has 128 valence electrons. The number of carbonyl (C=O) groups is 1. The number of para-hydroxylation sites is 1. The van der Waals surface area contributed by atoms with E-state index in [9.17, 15) is 4.79 Å². The van der Waals surface area contributed by atoms with E-state index in [-0.39, 0.29) is 5.91 Å². The average molecular weight is 354 g/mol. The Morgan fingerprint density at radius 1 is 1.28 bits per heavy atom. The number of amides is 1. The number of nitrogens with zero attached hydrogens (tertiary/aromatic N) is 2. The number of rotatable bonds is 4. The fourth-order valence-electron chi connectivity index (χ4n) is 3.21. The molecule has 1 atom stereocenters. The summed E-state index contributed by atoms with van der Waals surface area (Å²) in [6.07, 6.45) is 2.20. The Kier molecular flexibility index (Phi) is 5.57. The highest BCUT2D eigenvalue weighted by molar-refractivity contribution is 6.33. The quantitative estimate of drug-likeness (QED) is 0.908. The van der Waals surface area contributed by atoms with Gasteiger partial charge >= 0.3 is 0 Å². The van der Waals surface area contributed by atoms with Crippen molar-refractivity contribution in [3.05, 3.63) is 64.7 Å². The molecule has 1 aliphatic rings. The molecule has 1 amide bonds. The number of hydrogen-bond acceptors (Lipinski definition) is 3. The lowest BCUT2D eigenvalue weighted by molar-refractivity contribution is 0.0946. The summed E-state index contributed by atoms with van der Waals surface area (Å²) in [6.45, 7) is 2.58. The van der Waals surface area contributed by atoms with Crippen LogP contribution in [0.2, 0.25) is 5.02 Å². The van der Waals surface area contributed by atoms with Gasteiger partial charge < -0.3 is 10.2 Å². The van der Waals surface area contributed by atoms with Gasteiger partial charge in [0.25, 0.3) is 5.91 Å². The summed E-state index contributed by atoms with van der Waals surface area (Å²) in [5, 5.41) is 12.3. The zero-order chi connectivity index (χ0) is 17.6. The Labute approximate surface area is 153 Å². The molecule has 1 unspecified atom stereocenters. The predicted molar refractivity (Wildman–Crippen MR) is 99.9 cm³/mol. The zero-order valence-electron chi connectivity index (χ0n) is 13.9. The lowest BCUT2D eigenvalue weighted by Crippen LogP contribution is -2.41.